The molecule has 7 nitrogen and oxygen atoms in total. The number of nitrogens with zero attached hydrogens (tertiary/aromatic N) is 2. The van der Waals surface area contributed by atoms with Crippen molar-refractivity contribution in [2.45, 2.75) is 13.5 Å². The Bertz CT molecular complexity index is 1390. The summed E-state index contributed by atoms with van der Waals surface area (Å²) in [5.74, 6) is 0.202. The van der Waals surface area contributed by atoms with E-state index in [0.29, 0.717) is 17.1 Å². The largest absolute Gasteiger partial charge is 0.484 e. The molecule has 166 valence electrons. The van der Waals surface area contributed by atoms with Crippen molar-refractivity contribution in [2.75, 3.05) is 29.5 Å². The third kappa shape index (κ3) is 4.27. The maximum absolute atomic E-state index is 12.4. The molecule has 1 heterocycles. The third-order valence-electron chi connectivity index (χ3n) is 5.44. The lowest BCUT2D eigenvalue weighted by Crippen LogP contribution is -2.24. The summed E-state index contributed by atoms with van der Waals surface area (Å²) in [6.07, 6.45) is 1.14. The molecule has 1 aromatic heterocycles. The third-order valence-corrected chi connectivity index (χ3v) is 6.65. The number of hydrogen-bond acceptors (Lipinski definition) is 4. The van der Waals surface area contributed by atoms with Crippen molar-refractivity contribution >= 4 is 49.1 Å². The fraction of sp³-hybridized carbons (Fsp3) is 0.208. The van der Waals surface area contributed by atoms with Gasteiger partial charge in [0.25, 0.3) is 5.91 Å². The molecule has 0 atom stereocenters. The van der Waals surface area contributed by atoms with Crippen LogP contribution < -0.4 is 14.4 Å². The summed E-state index contributed by atoms with van der Waals surface area (Å²) in [4.78, 5) is 12.4. The molecule has 0 aliphatic heterocycles. The van der Waals surface area contributed by atoms with Crippen LogP contribution in [0.4, 0.5) is 11.4 Å². The number of sulfonamides is 1. The summed E-state index contributed by atoms with van der Waals surface area (Å²) in [7, 11) is -1.85. The van der Waals surface area contributed by atoms with Gasteiger partial charge in [-0.15, -0.1) is 0 Å². The topological polar surface area (TPSA) is 80.6 Å². The minimum Gasteiger partial charge on any atom is -0.484 e. The van der Waals surface area contributed by atoms with Crippen molar-refractivity contribution in [3.05, 3.63) is 66.7 Å². The number of ether oxygens (including phenoxy) is 1. The van der Waals surface area contributed by atoms with E-state index >= 15 is 0 Å². The van der Waals surface area contributed by atoms with E-state index in [0.717, 1.165) is 29.1 Å². The minimum atomic E-state index is -3.33. The molecule has 0 aliphatic rings. The number of aromatic nitrogens is 1. The van der Waals surface area contributed by atoms with Crippen LogP contribution in [0.25, 0.3) is 21.8 Å². The zero-order valence-corrected chi connectivity index (χ0v) is 19.0. The maximum atomic E-state index is 12.4. The predicted octanol–water partition coefficient (Wildman–Crippen LogP) is 4.23. The van der Waals surface area contributed by atoms with Gasteiger partial charge < -0.3 is 14.6 Å². The monoisotopic (exact) mass is 451 g/mol. The molecule has 0 bridgehead atoms. The highest BCUT2D eigenvalue weighted by molar-refractivity contribution is 7.92. The number of carbonyl (C=O) groups excluding carboxylic acids is 1. The Labute approximate surface area is 187 Å². The van der Waals surface area contributed by atoms with E-state index in [1.165, 1.54) is 16.9 Å². The lowest BCUT2D eigenvalue weighted by atomic mass is 10.1. The van der Waals surface area contributed by atoms with E-state index in [4.69, 9.17) is 4.74 Å². The van der Waals surface area contributed by atoms with E-state index in [-0.39, 0.29) is 12.5 Å². The lowest BCUT2D eigenvalue weighted by molar-refractivity contribution is -0.118. The number of carbonyl (C=O) groups is 1. The fourth-order valence-corrected chi connectivity index (χ4v) is 4.27. The van der Waals surface area contributed by atoms with Gasteiger partial charge in [0.15, 0.2) is 6.61 Å². The number of benzene rings is 3. The van der Waals surface area contributed by atoms with Gasteiger partial charge >= 0.3 is 0 Å². The minimum absolute atomic E-state index is 0.157. The van der Waals surface area contributed by atoms with Crippen LogP contribution in [0, 0.1) is 0 Å². The zero-order chi connectivity index (χ0) is 22.9. The Kier molecular flexibility index (Phi) is 5.80. The molecule has 0 unspecified atom stereocenters. The summed E-state index contributed by atoms with van der Waals surface area (Å²) < 4.78 is 32.2. The van der Waals surface area contributed by atoms with Crippen LogP contribution in [0.5, 0.6) is 5.75 Å². The van der Waals surface area contributed by atoms with Crippen LogP contribution in [0.1, 0.15) is 6.92 Å². The first kappa shape index (κ1) is 21.7. The number of anilines is 2. The van der Waals surface area contributed by atoms with Crippen LogP contribution in [-0.2, 0) is 21.4 Å². The van der Waals surface area contributed by atoms with Crippen molar-refractivity contribution in [3.63, 3.8) is 0 Å². The van der Waals surface area contributed by atoms with E-state index in [9.17, 15) is 13.2 Å². The Morgan fingerprint density at radius 2 is 1.69 bits per heavy atom. The summed E-state index contributed by atoms with van der Waals surface area (Å²) in [5.41, 5.74) is 3.52. The highest BCUT2D eigenvalue weighted by atomic mass is 32.2. The second kappa shape index (κ2) is 8.55. The normalized spacial score (nSPS) is 11.6. The average Bonchev–Trinajstić information content (AvgIpc) is 3.10. The van der Waals surface area contributed by atoms with Crippen molar-refractivity contribution in [3.8, 4) is 5.75 Å². The number of fused-ring (bicyclic) bond motifs is 3. The number of para-hydroxylation sites is 1. The van der Waals surface area contributed by atoms with Crippen LogP contribution in [-0.4, -0.2) is 38.8 Å². The molecular formula is C24H25N3O4S. The van der Waals surface area contributed by atoms with Crippen molar-refractivity contribution in [1.82, 2.24) is 4.57 Å². The Morgan fingerprint density at radius 1 is 1.00 bits per heavy atom. The van der Waals surface area contributed by atoms with Crippen LogP contribution >= 0.6 is 0 Å². The SMILES string of the molecule is CCn1c2ccccc2c2cc(NC(=O)COc3ccc(N(C)S(C)(=O)=O)cc3)ccc21. The molecule has 0 saturated heterocycles. The molecule has 4 aromatic rings. The quantitative estimate of drug-likeness (QED) is 0.456. The lowest BCUT2D eigenvalue weighted by Gasteiger charge is -2.16. The predicted molar refractivity (Wildman–Crippen MR) is 129 cm³/mol. The summed E-state index contributed by atoms with van der Waals surface area (Å²) in [6, 6.07) is 20.7. The van der Waals surface area contributed by atoms with Crippen LogP contribution in [0.3, 0.4) is 0 Å². The molecule has 0 spiro atoms. The van der Waals surface area contributed by atoms with Gasteiger partial charge in [-0.1, -0.05) is 18.2 Å². The summed E-state index contributed by atoms with van der Waals surface area (Å²) in [5, 5.41) is 5.12. The first-order valence-corrected chi connectivity index (χ1v) is 12.1. The standard InChI is InChI=1S/C24H25N3O4S/c1-4-27-22-8-6-5-7-20(22)21-15-17(9-14-23(21)27)25-24(28)16-31-19-12-10-18(11-13-19)26(2)32(3,29)30/h5-15H,4,16H2,1-3H3,(H,25,28). The molecule has 0 radical (unpaired) electrons. The highest BCUT2D eigenvalue weighted by Gasteiger charge is 2.13. The Morgan fingerprint density at radius 3 is 2.38 bits per heavy atom. The molecule has 8 heteroatoms. The van der Waals surface area contributed by atoms with E-state index in [1.54, 1.807) is 24.3 Å². The number of amides is 1. The molecule has 4 rings (SSSR count). The first-order valence-electron chi connectivity index (χ1n) is 10.3. The molecule has 0 fully saturated rings. The molecule has 0 saturated carbocycles. The van der Waals surface area contributed by atoms with Crippen LogP contribution in [0.2, 0.25) is 0 Å². The molecule has 1 N–H and O–H groups in total. The second-order valence-corrected chi connectivity index (χ2v) is 9.57. The second-order valence-electron chi connectivity index (χ2n) is 7.55. The Hall–Kier alpha value is -3.52. The van der Waals surface area contributed by atoms with Gasteiger partial charge in [0, 0.05) is 41.1 Å². The highest BCUT2D eigenvalue weighted by Crippen LogP contribution is 2.31. The number of nitrogens with one attached hydrogen (secondary N) is 1. The smallest absolute Gasteiger partial charge is 0.262 e. The molecule has 0 aliphatic carbocycles. The molecular weight excluding hydrogens is 426 g/mol. The number of rotatable bonds is 7. The number of aryl methyl sites for hydroxylation is 1. The van der Waals surface area contributed by atoms with Crippen molar-refractivity contribution in [2.24, 2.45) is 0 Å². The van der Waals surface area contributed by atoms with E-state index in [2.05, 4.69) is 28.9 Å². The van der Waals surface area contributed by atoms with Gasteiger partial charge in [-0.3, -0.25) is 9.10 Å². The van der Waals surface area contributed by atoms with Gasteiger partial charge in [-0.05, 0) is 55.5 Å². The van der Waals surface area contributed by atoms with Gasteiger partial charge in [-0.2, -0.15) is 0 Å². The van der Waals surface area contributed by atoms with Gasteiger partial charge in [0.05, 0.1) is 11.9 Å². The summed E-state index contributed by atoms with van der Waals surface area (Å²) >= 11 is 0. The zero-order valence-electron chi connectivity index (χ0n) is 18.2. The Balaban J connectivity index is 1.45. The van der Waals surface area contributed by atoms with Gasteiger partial charge in [0.2, 0.25) is 10.0 Å². The van der Waals surface area contributed by atoms with E-state index < -0.39 is 10.0 Å². The van der Waals surface area contributed by atoms with Gasteiger partial charge in [0.1, 0.15) is 5.75 Å². The van der Waals surface area contributed by atoms with Crippen molar-refractivity contribution < 1.29 is 17.9 Å². The van der Waals surface area contributed by atoms with E-state index in [1.807, 2.05) is 30.3 Å². The van der Waals surface area contributed by atoms with Crippen LogP contribution in [0.15, 0.2) is 66.7 Å². The molecule has 1 amide bonds. The van der Waals surface area contributed by atoms with Crippen molar-refractivity contribution in [1.29, 1.82) is 0 Å². The molecule has 3 aromatic carbocycles. The maximum Gasteiger partial charge on any atom is 0.262 e. The first-order chi connectivity index (χ1) is 15.3. The summed E-state index contributed by atoms with van der Waals surface area (Å²) in [6.45, 7) is 2.82. The fourth-order valence-electron chi connectivity index (χ4n) is 3.76. The van der Waals surface area contributed by atoms with Gasteiger partial charge in [-0.25, -0.2) is 8.42 Å². The number of hydrogen-bond donors (Lipinski definition) is 1. The average molecular weight is 452 g/mol. The molecule has 32 heavy (non-hydrogen) atoms.